The van der Waals surface area contributed by atoms with Crippen LogP contribution in [0, 0.1) is 18.6 Å². The van der Waals surface area contributed by atoms with E-state index in [1.54, 1.807) is 41.8 Å². The van der Waals surface area contributed by atoms with Crippen LogP contribution in [0.15, 0.2) is 53.3 Å². The highest BCUT2D eigenvalue weighted by atomic mass is 19.2. The number of hydrogen-bond acceptors (Lipinski definition) is 4. The summed E-state index contributed by atoms with van der Waals surface area (Å²) in [5, 5.41) is 9.41. The Kier molecular flexibility index (Phi) is 5.11. The average Bonchev–Trinajstić information content (AvgIpc) is 2.70. The average molecular weight is 411 g/mol. The van der Waals surface area contributed by atoms with Gasteiger partial charge in [0.2, 0.25) is 0 Å². The number of aromatic hydroxyl groups is 1. The maximum absolute atomic E-state index is 13.8. The molecule has 2 heterocycles. The lowest BCUT2D eigenvalue weighted by Gasteiger charge is -2.26. The quantitative estimate of drug-likeness (QED) is 0.663. The van der Waals surface area contributed by atoms with Crippen molar-refractivity contribution in [2.75, 3.05) is 0 Å². The molecule has 0 saturated carbocycles. The number of fused-ring (bicyclic) bond motifs is 1. The summed E-state index contributed by atoms with van der Waals surface area (Å²) in [4.78, 5) is 25.4. The summed E-state index contributed by atoms with van der Waals surface area (Å²) >= 11 is 0. The summed E-state index contributed by atoms with van der Waals surface area (Å²) in [6, 6.07) is 11.7. The standard InChI is InChI=1S/C23H19F2NO4/c1-13-10-20-22(23(29)26(13)9-8-14-2-5-16(27)6-3-14)17(12-21(28)30-20)15-4-7-18(24)19(25)11-15/h2-7,10-11,17,27H,8-9,12H2,1H3/t17-/m0/s1. The minimum Gasteiger partial charge on any atom is -0.508 e. The van der Waals surface area contributed by atoms with Gasteiger partial charge in [0, 0.05) is 24.2 Å². The number of rotatable bonds is 4. The van der Waals surface area contributed by atoms with E-state index in [1.165, 1.54) is 6.07 Å². The van der Waals surface area contributed by atoms with Gasteiger partial charge in [0.1, 0.15) is 11.5 Å². The Bertz CT molecular complexity index is 1190. The molecular formula is C23H19F2NO4. The summed E-state index contributed by atoms with van der Waals surface area (Å²) in [6.45, 7) is 2.12. The number of halogens is 2. The molecule has 0 fully saturated rings. The van der Waals surface area contributed by atoms with Gasteiger partial charge < -0.3 is 14.4 Å². The van der Waals surface area contributed by atoms with Crippen molar-refractivity contribution in [2.24, 2.45) is 0 Å². The molecule has 1 aromatic heterocycles. The molecular weight excluding hydrogens is 392 g/mol. The molecule has 0 aliphatic carbocycles. The molecule has 5 nitrogen and oxygen atoms in total. The molecule has 0 saturated heterocycles. The lowest BCUT2D eigenvalue weighted by molar-refractivity contribution is -0.135. The van der Waals surface area contributed by atoms with Crippen molar-refractivity contribution in [1.82, 2.24) is 4.57 Å². The number of nitrogens with zero attached hydrogens (tertiary/aromatic N) is 1. The molecule has 154 valence electrons. The first-order valence-corrected chi connectivity index (χ1v) is 9.51. The molecule has 7 heteroatoms. The molecule has 0 bridgehead atoms. The Morgan fingerprint density at radius 1 is 1.07 bits per heavy atom. The largest absolute Gasteiger partial charge is 0.508 e. The third-order valence-electron chi connectivity index (χ3n) is 5.36. The van der Waals surface area contributed by atoms with Gasteiger partial charge in [0.15, 0.2) is 11.6 Å². The lowest BCUT2D eigenvalue weighted by Crippen LogP contribution is -2.33. The molecule has 1 atom stereocenters. The fourth-order valence-corrected chi connectivity index (χ4v) is 3.79. The highest BCUT2D eigenvalue weighted by Crippen LogP contribution is 2.37. The summed E-state index contributed by atoms with van der Waals surface area (Å²) in [5.74, 6) is -2.95. The van der Waals surface area contributed by atoms with Gasteiger partial charge in [0.25, 0.3) is 5.56 Å². The zero-order valence-electron chi connectivity index (χ0n) is 16.2. The van der Waals surface area contributed by atoms with Crippen LogP contribution in [0.25, 0.3) is 0 Å². The molecule has 4 rings (SSSR count). The molecule has 1 aliphatic heterocycles. The first-order chi connectivity index (χ1) is 14.3. The molecule has 1 N–H and O–H groups in total. The Morgan fingerprint density at radius 2 is 1.80 bits per heavy atom. The number of carbonyl (C=O) groups excluding carboxylic acids is 1. The van der Waals surface area contributed by atoms with Crippen molar-refractivity contribution in [3.05, 3.63) is 92.9 Å². The van der Waals surface area contributed by atoms with Gasteiger partial charge >= 0.3 is 5.97 Å². The predicted molar refractivity (Wildman–Crippen MR) is 106 cm³/mol. The van der Waals surface area contributed by atoms with Crippen LogP contribution in [-0.2, 0) is 17.8 Å². The number of esters is 1. The van der Waals surface area contributed by atoms with Crippen LogP contribution in [0.5, 0.6) is 11.5 Å². The highest BCUT2D eigenvalue weighted by molar-refractivity contribution is 5.77. The van der Waals surface area contributed by atoms with Gasteiger partial charge in [-0.15, -0.1) is 0 Å². The van der Waals surface area contributed by atoms with E-state index in [0.29, 0.717) is 24.2 Å². The summed E-state index contributed by atoms with van der Waals surface area (Å²) in [7, 11) is 0. The van der Waals surface area contributed by atoms with Crippen molar-refractivity contribution in [1.29, 1.82) is 0 Å². The van der Waals surface area contributed by atoms with Crippen molar-refractivity contribution >= 4 is 5.97 Å². The topological polar surface area (TPSA) is 68.5 Å². The van der Waals surface area contributed by atoms with Crippen LogP contribution in [-0.4, -0.2) is 15.6 Å². The van der Waals surface area contributed by atoms with E-state index in [1.807, 2.05) is 0 Å². The number of phenols is 1. The number of ether oxygens (including phenoxy) is 1. The maximum Gasteiger partial charge on any atom is 0.312 e. The second-order valence-electron chi connectivity index (χ2n) is 7.34. The molecule has 2 aromatic carbocycles. The second kappa shape index (κ2) is 7.74. The van der Waals surface area contributed by atoms with Crippen molar-refractivity contribution in [3.63, 3.8) is 0 Å². The smallest absolute Gasteiger partial charge is 0.312 e. The van der Waals surface area contributed by atoms with Gasteiger partial charge in [-0.25, -0.2) is 8.78 Å². The number of benzene rings is 2. The van der Waals surface area contributed by atoms with Crippen LogP contribution < -0.4 is 10.3 Å². The fraction of sp³-hybridized carbons (Fsp3) is 0.217. The number of phenolic OH excluding ortho intramolecular Hbond substituents is 1. The van der Waals surface area contributed by atoms with Crippen LogP contribution in [0.4, 0.5) is 8.78 Å². The first-order valence-electron chi connectivity index (χ1n) is 9.51. The normalized spacial score (nSPS) is 15.6. The molecule has 0 spiro atoms. The number of aryl methyl sites for hydroxylation is 2. The summed E-state index contributed by atoms with van der Waals surface area (Å²) in [5.41, 5.74) is 1.84. The van der Waals surface area contributed by atoms with Crippen LogP contribution in [0.2, 0.25) is 0 Å². The van der Waals surface area contributed by atoms with Gasteiger partial charge in [-0.05, 0) is 48.7 Å². The van der Waals surface area contributed by atoms with Gasteiger partial charge in [-0.2, -0.15) is 0 Å². The third kappa shape index (κ3) is 3.70. The number of aromatic nitrogens is 1. The van der Waals surface area contributed by atoms with E-state index in [2.05, 4.69) is 0 Å². The number of carbonyl (C=O) groups is 1. The Labute approximate surface area is 171 Å². The van der Waals surface area contributed by atoms with E-state index < -0.39 is 23.5 Å². The zero-order chi connectivity index (χ0) is 21.4. The van der Waals surface area contributed by atoms with Crippen molar-refractivity contribution in [3.8, 4) is 11.5 Å². The summed E-state index contributed by atoms with van der Waals surface area (Å²) in [6.07, 6.45) is 0.420. The Hall–Kier alpha value is -3.48. The SMILES string of the molecule is Cc1cc2c(c(=O)n1CCc1ccc(O)cc1)[C@H](c1ccc(F)c(F)c1)CC(=O)O2. The second-order valence-corrected chi connectivity index (χ2v) is 7.34. The first kappa shape index (κ1) is 19.8. The maximum atomic E-state index is 13.8. The number of pyridine rings is 1. The minimum atomic E-state index is -1.03. The van der Waals surface area contributed by atoms with Gasteiger partial charge in [-0.3, -0.25) is 9.59 Å². The van der Waals surface area contributed by atoms with Crippen LogP contribution >= 0.6 is 0 Å². The fourth-order valence-electron chi connectivity index (χ4n) is 3.79. The van der Waals surface area contributed by atoms with E-state index in [4.69, 9.17) is 4.74 Å². The van der Waals surface area contributed by atoms with Crippen molar-refractivity contribution in [2.45, 2.75) is 32.2 Å². The molecule has 0 amide bonds. The highest BCUT2D eigenvalue weighted by Gasteiger charge is 2.33. The third-order valence-corrected chi connectivity index (χ3v) is 5.36. The molecule has 30 heavy (non-hydrogen) atoms. The molecule has 0 radical (unpaired) electrons. The van der Waals surface area contributed by atoms with Gasteiger partial charge in [-0.1, -0.05) is 18.2 Å². The predicted octanol–water partition coefficient (Wildman–Crippen LogP) is 3.82. The van der Waals surface area contributed by atoms with Crippen LogP contribution in [0.1, 0.15) is 34.7 Å². The minimum absolute atomic E-state index is 0.131. The van der Waals surface area contributed by atoms with Crippen molar-refractivity contribution < 1.29 is 23.4 Å². The molecule has 3 aromatic rings. The van der Waals surface area contributed by atoms with Crippen LogP contribution in [0.3, 0.4) is 0 Å². The Balaban J connectivity index is 1.74. The zero-order valence-corrected chi connectivity index (χ0v) is 16.2. The molecule has 0 unspecified atom stereocenters. The van der Waals surface area contributed by atoms with E-state index in [9.17, 15) is 23.5 Å². The van der Waals surface area contributed by atoms with E-state index in [-0.39, 0.29) is 29.0 Å². The Morgan fingerprint density at radius 3 is 2.50 bits per heavy atom. The van der Waals surface area contributed by atoms with E-state index >= 15 is 0 Å². The summed E-state index contributed by atoms with van der Waals surface area (Å²) < 4.78 is 34.0. The number of hydrogen-bond donors (Lipinski definition) is 1. The molecule has 1 aliphatic rings. The lowest BCUT2D eigenvalue weighted by atomic mass is 9.87. The van der Waals surface area contributed by atoms with Gasteiger partial charge in [0.05, 0.1) is 12.0 Å². The van der Waals surface area contributed by atoms with E-state index in [0.717, 1.165) is 17.7 Å². The monoisotopic (exact) mass is 411 g/mol.